The zero-order valence-corrected chi connectivity index (χ0v) is 19.8. The maximum Gasteiger partial charge on any atom is 0.262 e. The standard InChI is InChI=1S/C23H30ClN3O3S/c1-15(21(28)26(2)17-7-4-3-5-8-17)31-23-25-20-13-16(24)10-11-19(20)22(29)27(23)14-18-9-6-12-30-18/h10-11,13,15,17-18H,3-9,12,14H2,1-2H3. The number of thioether (sulfide) groups is 1. The van der Waals surface area contributed by atoms with E-state index in [1.165, 1.54) is 31.0 Å². The average Bonchev–Trinajstić information content (AvgIpc) is 3.29. The lowest BCUT2D eigenvalue weighted by molar-refractivity contribution is -0.131. The van der Waals surface area contributed by atoms with Crippen LogP contribution < -0.4 is 5.56 Å². The topological polar surface area (TPSA) is 64.4 Å². The molecule has 0 spiro atoms. The van der Waals surface area contributed by atoms with Gasteiger partial charge in [-0.25, -0.2) is 4.98 Å². The summed E-state index contributed by atoms with van der Waals surface area (Å²) in [6.07, 6.45) is 7.66. The molecule has 168 valence electrons. The molecule has 6 nitrogen and oxygen atoms in total. The van der Waals surface area contributed by atoms with Crippen LogP contribution in [0.15, 0.2) is 28.2 Å². The number of amides is 1. The fourth-order valence-corrected chi connectivity index (χ4v) is 5.75. The smallest absolute Gasteiger partial charge is 0.262 e. The molecule has 1 aromatic heterocycles. The third-order valence-electron chi connectivity index (χ3n) is 6.39. The van der Waals surface area contributed by atoms with Crippen molar-refractivity contribution in [2.45, 2.75) is 81.0 Å². The molecule has 1 aromatic carbocycles. The molecule has 2 aromatic rings. The van der Waals surface area contributed by atoms with Gasteiger partial charge in [0.1, 0.15) is 0 Å². The van der Waals surface area contributed by atoms with Crippen molar-refractivity contribution in [1.82, 2.24) is 14.5 Å². The molecule has 2 heterocycles. The number of halogens is 1. The van der Waals surface area contributed by atoms with Crippen molar-refractivity contribution in [2.75, 3.05) is 13.7 Å². The number of fused-ring (bicyclic) bond motifs is 1. The molecule has 8 heteroatoms. The molecule has 1 saturated heterocycles. The van der Waals surface area contributed by atoms with Gasteiger partial charge in [-0.2, -0.15) is 0 Å². The number of carbonyl (C=O) groups is 1. The fraction of sp³-hybridized carbons (Fsp3) is 0.609. The Morgan fingerprint density at radius 2 is 2.06 bits per heavy atom. The van der Waals surface area contributed by atoms with E-state index in [-0.39, 0.29) is 22.8 Å². The Balaban J connectivity index is 1.62. The Labute approximate surface area is 192 Å². The summed E-state index contributed by atoms with van der Waals surface area (Å²) in [6, 6.07) is 5.45. The molecular formula is C23H30ClN3O3S. The summed E-state index contributed by atoms with van der Waals surface area (Å²) < 4.78 is 7.46. The monoisotopic (exact) mass is 463 g/mol. The summed E-state index contributed by atoms with van der Waals surface area (Å²) in [4.78, 5) is 33.1. The van der Waals surface area contributed by atoms with Gasteiger partial charge in [0.15, 0.2) is 5.16 Å². The van der Waals surface area contributed by atoms with Crippen molar-refractivity contribution in [3.8, 4) is 0 Å². The van der Waals surface area contributed by atoms with Gasteiger partial charge in [-0.1, -0.05) is 42.6 Å². The first-order valence-corrected chi connectivity index (χ1v) is 12.4. The Bertz CT molecular complexity index is 999. The zero-order chi connectivity index (χ0) is 22.0. The number of nitrogens with zero attached hydrogens (tertiary/aromatic N) is 3. The van der Waals surface area contributed by atoms with Crippen LogP contribution >= 0.6 is 23.4 Å². The summed E-state index contributed by atoms with van der Waals surface area (Å²) in [5.74, 6) is 0.0843. The maximum absolute atomic E-state index is 13.3. The predicted octanol–water partition coefficient (Wildman–Crippen LogP) is 4.50. The molecule has 0 N–H and O–H groups in total. The number of rotatable bonds is 6. The van der Waals surface area contributed by atoms with Gasteiger partial charge in [0.05, 0.1) is 28.8 Å². The van der Waals surface area contributed by atoms with Gasteiger partial charge in [-0.3, -0.25) is 14.2 Å². The summed E-state index contributed by atoms with van der Waals surface area (Å²) in [5.41, 5.74) is 0.448. The minimum absolute atomic E-state index is 0.000444. The number of hydrogen-bond acceptors (Lipinski definition) is 5. The van der Waals surface area contributed by atoms with E-state index in [0.717, 1.165) is 32.3 Å². The second kappa shape index (κ2) is 9.92. The Morgan fingerprint density at radius 1 is 1.29 bits per heavy atom. The molecule has 0 bridgehead atoms. The first-order chi connectivity index (χ1) is 14.9. The lowest BCUT2D eigenvalue weighted by Gasteiger charge is -2.32. The largest absolute Gasteiger partial charge is 0.376 e. The van der Waals surface area contributed by atoms with Crippen molar-refractivity contribution in [3.05, 3.63) is 33.6 Å². The molecule has 2 aliphatic rings. The van der Waals surface area contributed by atoms with E-state index in [1.54, 1.807) is 22.8 Å². The summed E-state index contributed by atoms with van der Waals surface area (Å²) >= 11 is 7.50. The molecule has 2 atom stereocenters. The van der Waals surface area contributed by atoms with Crippen molar-refractivity contribution in [2.24, 2.45) is 0 Å². The highest BCUT2D eigenvalue weighted by Crippen LogP contribution is 2.28. The minimum Gasteiger partial charge on any atom is -0.376 e. The molecule has 4 rings (SSSR count). The van der Waals surface area contributed by atoms with Crippen LogP contribution in [0.25, 0.3) is 10.9 Å². The minimum atomic E-state index is -0.341. The summed E-state index contributed by atoms with van der Waals surface area (Å²) in [5, 5.41) is 1.28. The van der Waals surface area contributed by atoms with Gasteiger partial charge in [0.25, 0.3) is 5.56 Å². The van der Waals surface area contributed by atoms with Crippen LogP contribution in [0.1, 0.15) is 51.9 Å². The number of aromatic nitrogens is 2. The molecule has 2 unspecified atom stereocenters. The van der Waals surface area contributed by atoms with Gasteiger partial charge in [-0.05, 0) is 50.8 Å². The van der Waals surface area contributed by atoms with E-state index in [2.05, 4.69) is 0 Å². The number of hydrogen-bond donors (Lipinski definition) is 0. The Kier molecular flexibility index (Phi) is 7.24. The fourth-order valence-electron chi connectivity index (χ4n) is 4.56. The van der Waals surface area contributed by atoms with Crippen LogP contribution in [0.4, 0.5) is 0 Å². The van der Waals surface area contributed by atoms with E-state index in [1.807, 2.05) is 18.9 Å². The lowest BCUT2D eigenvalue weighted by atomic mass is 9.94. The Morgan fingerprint density at radius 3 is 2.77 bits per heavy atom. The van der Waals surface area contributed by atoms with Gasteiger partial charge >= 0.3 is 0 Å². The van der Waals surface area contributed by atoms with Gasteiger partial charge < -0.3 is 9.64 Å². The van der Waals surface area contributed by atoms with Crippen LogP contribution in [0, 0.1) is 0 Å². The highest BCUT2D eigenvalue weighted by Gasteiger charge is 2.28. The third kappa shape index (κ3) is 5.10. The SMILES string of the molecule is CC(Sc1nc2cc(Cl)ccc2c(=O)n1CC1CCCO1)C(=O)N(C)C1CCCCC1. The van der Waals surface area contributed by atoms with Crippen molar-refractivity contribution < 1.29 is 9.53 Å². The van der Waals surface area contributed by atoms with Gasteiger partial charge in [0, 0.05) is 24.7 Å². The van der Waals surface area contributed by atoms with Gasteiger partial charge in [0.2, 0.25) is 5.91 Å². The van der Waals surface area contributed by atoms with Crippen LogP contribution in [-0.4, -0.2) is 51.4 Å². The van der Waals surface area contributed by atoms with Crippen LogP contribution in [0.5, 0.6) is 0 Å². The number of ether oxygens (including phenoxy) is 1. The molecule has 2 fully saturated rings. The normalized spacial score (nSPS) is 20.8. The highest BCUT2D eigenvalue weighted by molar-refractivity contribution is 8.00. The zero-order valence-electron chi connectivity index (χ0n) is 18.2. The number of benzene rings is 1. The second-order valence-electron chi connectivity index (χ2n) is 8.61. The maximum atomic E-state index is 13.3. The molecular weight excluding hydrogens is 434 g/mol. The van der Waals surface area contributed by atoms with E-state index in [4.69, 9.17) is 21.3 Å². The van der Waals surface area contributed by atoms with E-state index < -0.39 is 0 Å². The highest BCUT2D eigenvalue weighted by atomic mass is 35.5. The van der Waals surface area contributed by atoms with Crippen LogP contribution in [0.3, 0.4) is 0 Å². The molecule has 1 amide bonds. The molecule has 31 heavy (non-hydrogen) atoms. The predicted molar refractivity (Wildman–Crippen MR) is 125 cm³/mol. The van der Waals surface area contributed by atoms with Crippen molar-refractivity contribution >= 4 is 40.2 Å². The van der Waals surface area contributed by atoms with E-state index >= 15 is 0 Å². The van der Waals surface area contributed by atoms with E-state index in [0.29, 0.717) is 33.7 Å². The third-order valence-corrected chi connectivity index (χ3v) is 7.71. The summed E-state index contributed by atoms with van der Waals surface area (Å²) in [6.45, 7) is 3.07. The van der Waals surface area contributed by atoms with E-state index in [9.17, 15) is 9.59 Å². The quantitative estimate of drug-likeness (QED) is 0.466. The molecule has 1 saturated carbocycles. The number of carbonyl (C=O) groups excluding carboxylic acids is 1. The average molecular weight is 464 g/mol. The van der Waals surface area contributed by atoms with Gasteiger partial charge in [-0.15, -0.1) is 0 Å². The summed E-state index contributed by atoms with van der Waals surface area (Å²) in [7, 11) is 1.91. The molecule has 1 aliphatic heterocycles. The van der Waals surface area contributed by atoms with Crippen molar-refractivity contribution in [3.63, 3.8) is 0 Å². The van der Waals surface area contributed by atoms with Crippen LogP contribution in [-0.2, 0) is 16.1 Å². The molecule has 0 radical (unpaired) electrons. The first kappa shape index (κ1) is 22.6. The Hall–Kier alpha value is -1.57. The lowest BCUT2D eigenvalue weighted by Crippen LogP contribution is -2.42. The van der Waals surface area contributed by atoms with Crippen molar-refractivity contribution in [1.29, 1.82) is 0 Å². The first-order valence-electron chi connectivity index (χ1n) is 11.2. The second-order valence-corrected chi connectivity index (χ2v) is 10.4. The van der Waals surface area contributed by atoms with Crippen LogP contribution in [0.2, 0.25) is 5.02 Å². The molecule has 1 aliphatic carbocycles.